The van der Waals surface area contributed by atoms with Crippen molar-refractivity contribution in [3.8, 4) is 0 Å². The maximum atomic E-state index is 12.3. The van der Waals surface area contributed by atoms with E-state index >= 15 is 0 Å². The van der Waals surface area contributed by atoms with Crippen molar-refractivity contribution in [1.82, 2.24) is 19.2 Å². The lowest BCUT2D eigenvalue weighted by atomic mass is 9.99. The minimum absolute atomic E-state index is 0.102. The second-order valence-corrected chi connectivity index (χ2v) is 8.01. The van der Waals surface area contributed by atoms with E-state index in [0.29, 0.717) is 12.6 Å². The van der Waals surface area contributed by atoms with Crippen molar-refractivity contribution in [3.05, 3.63) is 0 Å². The maximum Gasteiger partial charge on any atom is 0.279 e. The van der Waals surface area contributed by atoms with E-state index < -0.39 is 10.2 Å². The second kappa shape index (κ2) is 7.87. The molecule has 2 fully saturated rings. The van der Waals surface area contributed by atoms with Crippen molar-refractivity contribution in [2.75, 3.05) is 39.8 Å². The van der Waals surface area contributed by atoms with E-state index in [1.165, 1.54) is 23.7 Å². The topological polar surface area (TPSA) is 64.7 Å². The van der Waals surface area contributed by atoms with Gasteiger partial charge >= 0.3 is 0 Å². The SMILES string of the molecule is CCNCCCN(C)S(=O)(=O)NC1CCN2CCCC2C1. The van der Waals surface area contributed by atoms with Crippen molar-refractivity contribution in [2.24, 2.45) is 0 Å². The van der Waals surface area contributed by atoms with E-state index in [0.717, 1.165) is 38.9 Å². The molecule has 0 aromatic heterocycles. The lowest BCUT2D eigenvalue weighted by Crippen LogP contribution is -2.50. The molecule has 0 saturated carbocycles. The molecule has 21 heavy (non-hydrogen) atoms. The first-order valence-electron chi connectivity index (χ1n) is 8.21. The zero-order chi connectivity index (χ0) is 15.3. The zero-order valence-electron chi connectivity index (χ0n) is 13.3. The Labute approximate surface area is 129 Å². The largest absolute Gasteiger partial charge is 0.317 e. The van der Waals surface area contributed by atoms with Gasteiger partial charge in [0.25, 0.3) is 10.2 Å². The first kappa shape index (κ1) is 17.1. The molecule has 0 radical (unpaired) electrons. The average Bonchev–Trinajstić information content (AvgIpc) is 2.90. The fourth-order valence-electron chi connectivity index (χ4n) is 3.36. The van der Waals surface area contributed by atoms with Crippen molar-refractivity contribution in [1.29, 1.82) is 0 Å². The third kappa shape index (κ3) is 4.89. The van der Waals surface area contributed by atoms with Crippen LogP contribution < -0.4 is 10.0 Å². The molecule has 2 unspecified atom stereocenters. The van der Waals surface area contributed by atoms with Crippen LogP contribution in [-0.4, -0.2) is 69.5 Å². The van der Waals surface area contributed by atoms with Crippen LogP contribution in [0.15, 0.2) is 0 Å². The molecule has 0 amide bonds. The van der Waals surface area contributed by atoms with Gasteiger partial charge in [-0.25, -0.2) is 0 Å². The predicted molar refractivity (Wildman–Crippen MR) is 85.5 cm³/mol. The number of rotatable bonds is 8. The molecule has 2 saturated heterocycles. The van der Waals surface area contributed by atoms with Crippen LogP contribution in [0.5, 0.6) is 0 Å². The van der Waals surface area contributed by atoms with E-state index in [-0.39, 0.29) is 6.04 Å². The van der Waals surface area contributed by atoms with Crippen molar-refractivity contribution in [3.63, 3.8) is 0 Å². The Kier molecular flexibility index (Phi) is 6.43. The molecule has 0 aromatic rings. The second-order valence-electron chi connectivity index (χ2n) is 6.20. The van der Waals surface area contributed by atoms with E-state index in [9.17, 15) is 8.42 Å². The highest BCUT2D eigenvalue weighted by Crippen LogP contribution is 2.27. The molecule has 2 heterocycles. The first-order valence-corrected chi connectivity index (χ1v) is 9.65. The quantitative estimate of drug-likeness (QED) is 0.635. The molecule has 2 rings (SSSR count). The molecule has 2 atom stereocenters. The van der Waals surface area contributed by atoms with E-state index in [2.05, 4.69) is 21.9 Å². The van der Waals surface area contributed by atoms with Gasteiger partial charge in [-0.15, -0.1) is 0 Å². The van der Waals surface area contributed by atoms with Gasteiger partial charge in [0.05, 0.1) is 0 Å². The summed E-state index contributed by atoms with van der Waals surface area (Å²) in [4.78, 5) is 2.50. The normalized spacial score (nSPS) is 27.2. The molecule has 6 nitrogen and oxygen atoms in total. The smallest absolute Gasteiger partial charge is 0.279 e. The molecule has 0 aromatic carbocycles. The number of nitrogens with one attached hydrogen (secondary N) is 2. The van der Waals surface area contributed by atoms with Crippen molar-refractivity contribution in [2.45, 2.75) is 51.1 Å². The zero-order valence-corrected chi connectivity index (χ0v) is 14.2. The Balaban J connectivity index is 1.77. The third-order valence-electron chi connectivity index (χ3n) is 4.62. The Bertz CT molecular complexity index is 415. The number of hydrogen-bond acceptors (Lipinski definition) is 4. The Morgan fingerprint density at radius 1 is 1.29 bits per heavy atom. The molecular weight excluding hydrogens is 288 g/mol. The minimum Gasteiger partial charge on any atom is -0.317 e. The van der Waals surface area contributed by atoms with Gasteiger partial charge < -0.3 is 10.2 Å². The first-order chi connectivity index (χ1) is 10.0. The number of piperidine rings is 1. The summed E-state index contributed by atoms with van der Waals surface area (Å²) in [5, 5.41) is 3.21. The van der Waals surface area contributed by atoms with Crippen LogP contribution in [0, 0.1) is 0 Å². The third-order valence-corrected chi connectivity index (χ3v) is 6.26. The summed E-state index contributed by atoms with van der Waals surface area (Å²) in [7, 11) is -1.67. The molecule has 0 spiro atoms. The predicted octanol–water partition coefficient (Wildman–Crippen LogP) is 0.379. The van der Waals surface area contributed by atoms with Crippen molar-refractivity contribution < 1.29 is 8.42 Å². The molecule has 2 aliphatic heterocycles. The average molecular weight is 318 g/mol. The van der Waals surface area contributed by atoms with Crippen LogP contribution in [-0.2, 0) is 10.2 Å². The highest BCUT2D eigenvalue weighted by Gasteiger charge is 2.33. The lowest BCUT2D eigenvalue weighted by Gasteiger charge is -2.35. The lowest BCUT2D eigenvalue weighted by molar-refractivity contribution is 0.175. The molecule has 2 N–H and O–H groups in total. The fourth-order valence-corrected chi connectivity index (χ4v) is 4.54. The summed E-state index contributed by atoms with van der Waals surface area (Å²) in [5.41, 5.74) is 0. The van der Waals surface area contributed by atoms with Gasteiger partial charge in [-0.05, 0) is 58.3 Å². The van der Waals surface area contributed by atoms with Gasteiger partial charge in [-0.1, -0.05) is 6.92 Å². The molecule has 0 bridgehead atoms. The van der Waals surface area contributed by atoms with Gasteiger partial charge in [-0.2, -0.15) is 17.4 Å². The molecular formula is C14H30N4O2S. The van der Waals surface area contributed by atoms with E-state index in [1.54, 1.807) is 7.05 Å². The number of fused-ring (bicyclic) bond motifs is 1. The van der Waals surface area contributed by atoms with Crippen LogP contribution in [0.4, 0.5) is 0 Å². The van der Waals surface area contributed by atoms with Crippen LogP contribution in [0.1, 0.15) is 39.0 Å². The van der Waals surface area contributed by atoms with Crippen LogP contribution >= 0.6 is 0 Å². The molecule has 2 aliphatic rings. The highest BCUT2D eigenvalue weighted by atomic mass is 32.2. The highest BCUT2D eigenvalue weighted by molar-refractivity contribution is 7.87. The molecule has 7 heteroatoms. The van der Waals surface area contributed by atoms with Gasteiger partial charge in [-0.3, -0.25) is 0 Å². The van der Waals surface area contributed by atoms with Crippen LogP contribution in [0.2, 0.25) is 0 Å². The van der Waals surface area contributed by atoms with Gasteiger partial charge in [0, 0.05) is 25.7 Å². The van der Waals surface area contributed by atoms with Crippen LogP contribution in [0.3, 0.4) is 0 Å². The minimum atomic E-state index is -3.34. The fraction of sp³-hybridized carbons (Fsp3) is 1.00. The number of nitrogens with zero attached hydrogens (tertiary/aromatic N) is 2. The standard InChI is InChI=1S/C14H30N4O2S/c1-3-15-8-5-9-17(2)21(19,20)16-13-7-11-18-10-4-6-14(18)12-13/h13-16H,3-12H2,1-2H3. The summed E-state index contributed by atoms with van der Waals surface area (Å²) in [5.74, 6) is 0. The van der Waals surface area contributed by atoms with Gasteiger partial charge in [0.15, 0.2) is 0 Å². The summed E-state index contributed by atoms with van der Waals surface area (Å²) in [6, 6.07) is 0.691. The van der Waals surface area contributed by atoms with Gasteiger partial charge in [0.2, 0.25) is 0 Å². The van der Waals surface area contributed by atoms with Crippen molar-refractivity contribution >= 4 is 10.2 Å². The van der Waals surface area contributed by atoms with Crippen LogP contribution in [0.25, 0.3) is 0 Å². The van der Waals surface area contributed by atoms with E-state index in [1.807, 2.05) is 0 Å². The van der Waals surface area contributed by atoms with E-state index in [4.69, 9.17) is 0 Å². The summed E-state index contributed by atoms with van der Waals surface area (Å²) in [6.45, 7) is 6.62. The maximum absolute atomic E-state index is 12.3. The molecule has 0 aliphatic carbocycles. The Morgan fingerprint density at radius 3 is 2.86 bits per heavy atom. The Hall–Kier alpha value is -0.210. The monoisotopic (exact) mass is 318 g/mol. The van der Waals surface area contributed by atoms with Gasteiger partial charge in [0.1, 0.15) is 0 Å². The molecule has 124 valence electrons. The summed E-state index contributed by atoms with van der Waals surface area (Å²) >= 11 is 0. The summed E-state index contributed by atoms with van der Waals surface area (Å²) in [6.07, 6.45) is 5.21. The Morgan fingerprint density at radius 2 is 2.10 bits per heavy atom. The number of hydrogen-bond donors (Lipinski definition) is 2. The summed E-state index contributed by atoms with van der Waals surface area (Å²) < 4.78 is 29.0.